The Hall–Kier alpha value is -1.11. The quantitative estimate of drug-likeness (QED) is 0.795. The van der Waals surface area contributed by atoms with Crippen molar-refractivity contribution in [2.75, 3.05) is 24.5 Å². The van der Waals surface area contributed by atoms with Crippen molar-refractivity contribution < 1.29 is 9.59 Å². The van der Waals surface area contributed by atoms with Gasteiger partial charge in [0.25, 0.3) is 0 Å². The Balaban J connectivity index is 0.00000208. The molecular formula is C17H23BrClN3O2. The van der Waals surface area contributed by atoms with E-state index in [0.29, 0.717) is 12.5 Å². The number of hydrogen-bond donors (Lipinski definition) is 2. The number of piperidine rings is 1. The number of amides is 2. The highest BCUT2D eigenvalue weighted by molar-refractivity contribution is 9.10. The number of nitrogens with one attached hydrogen (secondary N) is 2. The van der Waals surface area contributed by atoms with Crippen molar-refractivity contribution in [2.24, 2.45) is 11.8 Å². The zero-order chi connectivity index (χ0) is 16.4. The molecule has 0 aliphatic carbocycles. The van der Waals surface area contributed by atoms with Crippen molar-refractivity contribution in [3.05, 3.63) is 28.7 Å². The molecular weight excluding hydrogens is 394 g/mol. The molecule has 0 saturated carbocycles. The fourth-order valence-corrected chi connectivity index (χ4v) is 3.77. The first kappa shape index (κ1) is 19.2. The summed E-state index contributed by atoms with van der Waals surface area (Å²) in [6.45, 7) is 4.42. The summed E-state index contributed by atoms with van der Waals surface area (Å²) in [6, 6.07) is 7.77. The van der Waals surface area contributed by atoms with E-state index in [0.717, 1.165) is 29.7 Å². The van der Waals surface area contributed by atoms with Crippen LogP contribution in [-0.4, -0.2) is 37.5 Å². The maximum atomic E-state index is 12.5. The van der Waals surface area contributed by atoms with Gasteiger partial charge in [-0.05, 0) is 46.9 Å². The van der Waals surface area contributed by atoms with Gasteiger partial charge in [-0.3, -0.25) is 9.59 Å². The van der Waals surface area contributed by atoms with E-state index in [1.165, 1.54) is 0 Å². The Bertz CT molecular complexity index is 613. The highest BCUT2D eigenvalue weighted by atomic mass is 79.9. The Morgan fingerprint density at radius 3 is 2.83 bits per heavy atom. The number of hydrogen-bond acceptors (Lipinski definition) is 3. The van der Waals surface area contributed by atoms with Crippen LogP contribution in [0.2, 0.25) is 0 Å². The van der Waals surface area contributed by atoms with Crippen LogP contribution in [0.15, 0.2) is 28.7 Å². The lowest BCUT2D eigenvalue weighted by atomic mass is 9.94. The predicted octanol–water partition coefficient (Wildman–Crippen LogP) is 2.34. The van der Waals surface area contributed by atoms with Crippen LogP contribution in [0.25, 0.3) is 0 Å². The lowest BCUT2D eigenvalue weighted by molar-refractivity contribution is -0.127. The van der Waals surface area contributed by atoms with Crippen LogP contribution in [0.5, 0.6) is 0 Å². The van der Waals surface area contributed by atoms with Crippen molar-refractivity contribution in [3.63, 3.8) is 0 Å². The Labute approximate surface area is 157 Å². The number of para-hydroxylation sites is 1. The van der Waals surface area contributed by atoms with Gasteiger partial charge in [-0.2, -0.15) is 0 Å². The summed E-state index contributed by atoms with van der Waals surface area (Å²) in [4.78, 5) is 26.6. The van der Waals surface area contributed by atoms with E-state index in [1.54, 1.807) is 4.90 Å². The maximum Gasteiger partial charge on any atom is 0.227 e. The van der Waals surface area contributed by atoms with Crippen molar-refractivity contribution in [1.29, 1.82) is 0 Å². The van der Waals surface area contributed by atoms with Gasteiger partial charge in [0, 0.05) is 30.0 Å². The third-order valence-corrected chi connectivity index (χ3v) is 5.46. The van der Waals surface area contributed by atoms with Crippen LogP contribution in [0.1, 0.15) is 19.8 Å². The van der Waals surface area contributed by atoms with E-state index in [1.807, 2.05) is 24.3 Å². The Kier molecular flexibility index (Phi) is 6.66. The average Bonchev–Trinajstić information content (AvgIpc) is 2.92. The smallest absolute Gasteiger partial charge is 0.227 e. The van der Waals surface area contributed by atoms with Crippen molar-refractivity contribution in [1.82, 2.24) is 10.6 Å². The van der Waals surface area contributed by atoms with Crippen molar-refractivity contribution in [3.8, 4) is 0 Å². The zero-order valence-electron chi connectivity index (χ0n) is 13.6. The molecule has 2 aliphatic rings. The van der Waals surface area contributed by atoms with E-state index >= 15 is 0 Å². The first-order valence-corrected chi connectivity index (χ1v) is 8.91. The minimum absolute atomic E-state index is 0. The summed E-state index contributed by atoms with van der Waals surface area (Å²) >= 11 is 3.48. The van der Waals surface area contributed by atoms with E-state index < -0.39 is 0 Å². The topological polar surface area (TPSA) is 61.4 Å². The summed E-state index contributed by atoms with van der Waals surface area (Å²) in [5, 5.41) is 6.44. The van der Waals surface area contributed by atoms with E-state index in [4.69, 9.17) is 0 Å². The molecule has 7 heteroatoms. The van der Waals surface area contributed by atoms with Gasteiger partial charge >= 0.3 is 0 Å². The first-order chi connectivity index (χ1) is 11.1. The molecule has 2 aliphatic heterocycles. The predicted molar refractivity (Wildman–Crippen MR) is 100 cm³/mol. The molecule has 5 nitrogen and oxygen atoms in total. The van der Waals surface area contributed by atoms with Crippen LogP contribution in [0.3, 0.4) is 0 Å². The van der Waals surface area contributed by atoms with Gasteiger partial charge < -0.3 is 15.5 Å². The summed E-state index contributed by atoms with van der Waals surface area (Å²) in [6.07, 6.45) is 1.35. The van der Waals surface area contributed by atoms with Gasteiger partial charge in [-0.25, -0.2) is 0 Å². The van der Waals surface area contributed by atoms with Crippen molar-refractivity contribution in [2.45, 2.75) is 25.8 Å². The maximum absolute atomic E-state index is 12.5. The standard InChI is InChI=1S/C17H22BrN3O2.ClH/c1-11-6-7-19-9-14(11)20-17(23)12-8-16(22)21(10-12)15-5-3-2-4-13(15)18;/h2-5,11-12,14,19H,6-10H2,1H3,(H,20,23);1H. The minimum Gasteiger partial charge on any atom is -0.352 e. The van der Waals surface area contributed by atoms with Gasteiger partial charge in [0.15, 0.2) is 0 Å². The molecule has 2 amide bonds. The highest BCUT2D eigenvalue weighted by Gasteiger charge is 2.37. The highest BCUT2D eigenvalue weighted by Crippen LogP contribution is 2.31. The Morgan fingerprint density at radius 2 is 2.12 bits per heavy atom. The summed E-state index contributed by atoms with van der Waals surface area (Å²) in [5.74, 6) is 0.195. The van der Waals surface area contributed by atoms with Crippen LogP contribution in [0.4, 0.5) is 5.69 Å². The molecule has 0 radical (unpaired) electrons. The third kappa shape index (κ3) is 4.10. The second-order valence-electron chi connectivity index (χ2n) is 6.44. The van der Waals surface area contributed by atoms with E-state index in [9.17, 15) is 9.59 Å². The Morgan fingerprint density at radius 1 is 1.38 bits per heavy atom. The molecule has 132 valence electrons. The molecule has 24 heavy (non-hydrogen) atoms. The summed E-state index contributed by atoms with van der Waals surface area (Å²) in [5.41, 5.74) is 0.834. The molecule has 2 heterocycles. The number of nitrogens with zero attached hydrogens (tertiary/aromatic N) is 1. The lowest BCUT2D eigenvalue weighted by Crippen LogP contribution is -2.51. The molecule has 2 N–H and O–H groups in total. The van der Waals surface area contributed by atoms with Gasteiger partial charge in [-0.15, -0.1) is 12.4 Å². The monoisotopic (exact) mass is 415 g/mol. The molecule has 2 fully saturated rings. The molecule has 3 unspecified atom stereocenters. The molecule has 0 bridgehead atoms. The number of carbonyl (C=O) groups excluding carboxylic acids is 2. The van der Waals surface area contributed by atoms with Gasteiger partial charge in [0.05, 0.1) is 11.6 Å². The molecule has 2 saturated heterocycles. The number of benzene rings is 1. The molecule has 1 aromatic rings. The van der Waals surface area contributed by atoms with Crippen LogP contribution < -0.4 is 15.5 Å². The van der Waals surface area contributed by atoms with Crippen molar-refractivity contribution >= 4 is 45.8 Å². The molecule has 3 rings (SSSR count). The third-order valence-electron chi connectivity index (χ3n) is 4.79. The second kappa shape index (κ2) is 8.32. The molecule has 0 spiro atoms. The number of carbonyl (C=O) groups is 2. The fraction of sp³-hybridized carbons (Fsp3) is 0.529. The number of halogens is 2. The molecule has 1 aromatic carbocycles. The normalized spacial score (nSPS) is 26.8. The molecule has 0 aromatic heterocycles. The first-order valence-electron chi connectivity index (χ1n) is 8.12. The molecule has 3 atom stereocenters. The fourth-order valence-electron chi connectivity index (χ4n) is 3.27. The van der Waals surface area contributed by atoms with Gasteiger partial charge in [-0.1, -0.05) is 19.1 Å². The largest absolute Gasteiger partial charge is 0.352 e. The summed E-state index contributed by atoms with van der Waals surface area (Å²) < 4.78 is 0.875. The van der Waals surface area contributed by atoms with E-state index in [2.05, 4.69) is 33.5 Å². The van der Waals surface area contributed by atoms with Gasteiger partial charge in [0.1, 0.15) is 0 Å². The van der Waals surface area contributed by atoms with Crippen LogP contribution in [-0.2, 0) is 9.59 Å². The second-order valence-corrected chi connectivity index (χ2v) is 7.30. The number of rotatable bonds is 3. The van der Waals surface area contributed by atoms with Gasteiger partial charge in [0.2, 0.25) is 11.8 Å². The lowest BCUT2D eigenvalue weighted by Gasteiger charge is -2.31. The van der Waals surface area contributed by atoms with Crippen LogP contribution >= 0.6 is 28.3 Å². The average molecular weight is 417 g/mol. The number of anilines is 1. The zero-order valence-corrected chi connectivity index (χ0v) is 16.0. The van der Waals surface area contributed by atoms with E-state index in [-0.39, 0.29) is 42.6 Å². The van der Waals surface area contributed by atoms with Crippen LogP contribution in [0, 0.1) is 11.8 Å². The SMILES string of the molecule is CC1CCNCC1NC(=O)C1CC(=O)N(c2ccccc2Br)C1.Cl. The minimum atomic E-state index is -0.274. The summed E-state index contributed by atoms with van der Waals surface area (Å²) in [7, 11) is 0.